The largest absolute Gasteiger partial charge is 0.497 e. The molecular weight excluding hydrogens is 336 g/mol. The van der Waals surface area contributed by atoms with Crippen LogP contribution in [0.3, 0.4) is 0 Å². The Morgan fingerprint density at radius 1 is 1.24 bits per heavy atom. The average Bonchev–Trinajstić information content (AvgIpc) is 3.00. The van der Waals surface area contributed by atoms with E-state index in [1.54, 1.807) is 7.11 Å². The predicted octanol–water partition coefficient (Wildman–Crippen LogP) is 3.96. The van der Waals surface area contributed by atoms with Crippen molar-refractivity contribution in [2.45, 2.75) is 19.4 Å². The monoisotopic (exact) mass is 354 g/mol. The van der Waals surface area contributed by atoms with Crippen molar-refractivity contribution in [2.75, 3.05) is 13.7 Å². The normalized spacial score (nSPS) is 13.8. The number of carbonyl (C=O) groups is 1. The molecule has 1 aliphatic rings. The van der Waals surface area contributed by atoms with Crippen LogP contribution in [-0.2, 0) is 24.2 Å². The highest BCUT2D eigenvalue weighted by molar-refractivity contribution is 6.30. The van der Waals surface area contributed by atoms with Gasteiger partial charge in [-0.05, 0) is 35.9 Å². The van der Waals surface area contributed by atoms with Gasteiger partial charge in [0.15, 0.2) is 0 Å². The molecule has 2 heterocycles. The summed E-state index contributed by atoms with van der Waals surface area (Å²) in [5.74, 6) is 0.976. The van der Waals surface area contributed by atoms with Crippen molar-refractivity contribution in [3.63, 3.8) is 0 Å². The van der Waals surface area contributed by atoms with E-state index in [2.05, 4.69) is 4.98 Å². The molecule has 25 heavy (non-hydrogen) atoms. The van der Waals surface area contributed by atoms with Crippen LogP contribution in [0.4, 0.5) is 0 Å². The summed E-state index contributed by atoms with van der Waals surface area (Å²) in [6, 6.07) is 13.5. The summed E-state index contributed by atoms with van der Waals surface area (Å²) < 4.78 is 5.34. The first-order valence-corrected chi connectivity index (χ1v) is 8.71. The molecule has 1 aliphatic heterocycles. The Bertz CT molecular complexity index is 931. The molecule has 5 heteroatoms. The van der Waals surface area contributed by atoms with Crippen LogP contribution in [0, 0.1) is 0 Å². The highest BCUT2D eigenvalue weighted by Crippen LogP contribution is 2.30. The maximum atomic E-state index is 12.7. The molecule has 0 radical (unpaired) electrons. The molecule has 4 rings (SSSR count). The number of hydrogen-bond acceptors (Lipinski definition) is 2. The number of nitrogens with zero attached hydrogens (tertiary/aromatic N) is 1. The molecule has 0 unspecified atom stereocenters. The van der Waals surface area contributed by atoms with Crippen LogP contribution in [0.5, 0.6) is 5.75 Å². The van der Waals surface area contributed by atoms with Gasteiger partial charge in [0.1, 0.15) is 5.75 Å². The molecule has 0 saturated heterocycles. The fourth-order valence-electron chi connectivity index (χ4n) is 3.42. The summed E-state index contributed by atoms with van der Waals surface area (Å²) in [6.45, 7) is 1.37. The first-order valence-electron chi connectivity index (χ1n) is 8.34. The lowest BCUT2D eigenvalue weighted by Crippen LogP contribution is -2.36. The number of nitrogens with one attached hydrogen (secondary N) is 1. The summed E-state index contributed by atoms with van der Waals surface area (Å²) in [7, 11) is 1.67. The third-order valence-electron chi connectivity index (χ3n) is 4.80. The standard InChI is InChI=1S/C20H19ClN2O2/c1-25-15-6-7-18-16(11-15)17-12-23(9-8-19(17)22-18)20(24)10-13-2-4-14(21)5-3-13/h2-7,11,22H,8-10,12H2,1H3. The Morgan fingerprint density at radius 2 is 2.04 bits per heavy atom. The molecule has 128 valence electrons. The zero-order valence-corrected chi connectivity index (χ0v) is 14.8. The van der Waals surface area contributed by atoms with Gasteiger partial charge in [0.2, 0.25) is 5.91 Å². The van der Waals surface area contributed by atoms with E-state index in [1.807, 2.05) is 47.4 Å². The second-order valence-corrected chi connectivity index (χ2v) is 6.80. The van der Waals surface area contributed by atoms with Crippen LogP contribution < -0.4 is 4.74 Å². The minimum Gasteiger partial charge on any atom is -0.497 e. The van der Waals surface area contributed by atoms with E-state index in [9.17, 15) is 4.79 Å². The maximum Gasteiger partial charge on any atom is 0.227 e. The Morgan fingerprint density at radius 3 is 2.80 bits per heavy atom. The summed E-state index contributed by atoms with van der Waals surface area (Å²) in [4.78, 5) is 18.1. The summed E-state index contributed by atoms with van der Waals surface area (Å²) in [6.07, 6.45) is 1.25. The van der Waals surface area contributed by atoms with Crippen molar-refractivity contribution < 1.29 is 9.53 Å². The van der Waals surface area contributed by atoms with Gasteiger partial charge >= 0.3 is 0 Å². The smallest absolute Gasteiger partial charge is 0.227 e. The molecule has 1 amide bonds. The van der Waals surface area contributed by atoms with Crippen molar-refractivity contribution in [1.82, 2.24) is 9.88 Å². The van der Waals surface area contributed by atoms with Crippen molar-refractivity contribution in [3.05, 3.63) is 64.3 Å². The Balaban J connectivity index is 1.57. The summed E-state index contributed by atoms with van der Waals surface area (Å²) in [5, 5.41) is 1.82. The Kier molecular flexibility index (Phi) is 4.14. The number of carbonyl (C=O) groups excluding carboxylic acids is 1. The fourth-order valence-corrected chi connectivity index (χ4v) is 3.55. The minimum atomic E-state index is 0.144. The number of H-pyrrole nitrogens is 1. The van der Waals surface area contributed by atoms with E-state index in [0.717, 1.165) is 35.2 Å². The van der Waals surface area contributed by atoms with E-state index < -0.39 is 0 Å². The number of methoxy groups -OCH3 is 1. The first kappa shape index (κ1) is 16.0. The molecular formula is C20H19ClN2O2. The van der Waals surface area contributed by atoms with Crippen molar-refractivity contribution in [3.8, 4) is 5.75 Å². The topological polar surface area (TPSA) is 45.3 Å². The van der Waals surface area contributed by atoms with Gasteiger partial charge in [-0.15, -0.1) is 0 Å². The predicted molar refractivity (Wildman–Crippen MR) is 99.1 cm³/mol. The highest BCUT2D eigenvalue weighted by atomic mass is 35.5. The SMILES string of the molecule is COc1ccc2[nH]c3c(c2c1)CN(C(=O)Cc1ccc(Cl)cc1)CC3. The number of halogens is 1. The van der Waals surface area contributed by atoms with Crippen LogP contribution in [0.25, 0.3) is 10.9 Å². The molecule has 0 aliphatic carbocycles. The van der Waals surface area contributed by atoms with Crippen LogP contribution in [-0.4, -0.2) is 29.4 Å². The Hall–Kier alpha value is -2.46. The minimum absolute atomic E-state index is 0.144. The molecule has 1 aromatic heterocycles. The van der Waals surface area contributed by atoms with E-state index in [1.165, 1.54) is 11.3 Å². The lowest BCUT2D eigenvalue weighted by molar-refractivity contribution is -0.131. The summed E-state index contributed by atoms with van der Waals surface area (Å²) >= 11 is 5.91. The van der Waals surface area contributed by atoms with E-state index >= 15 is 0 Å². The number of ether oxygens (including phenoxy) is 1. The van der Waals surface area contributed by atoms with Gasteiger partial charge in [0, 0.05) is 46.7 Å². The molecule has 0 fully saturated rings. The number of benzene rings is 2. The Labute approximate surface area is 151 Å². The molecule has 0 spiro atoms. The molecule has 0 bridgehead atoms. The van der Waals surface area contributed by atoms with Crippen molar-refractivity contribution in [1.29, 1.82) is 0 Å². The maximum absolute atomic E-state index is 12.7. The van der Waals surface area contributed by atoms with E-state index in [4.69, 9.17) is 16.3 Å². The fraction of sp³-hybridized carbons (Fsp3) is 0.250. The number of amides is 1. The van der Waals surface area contributed by atoms with Gasteiger partial charge in [-0.2, -0.15) is 0 Å². The van der Waals surface area contributed by atoms with Gasteiger partial charge in [0.05, 0.1) is 13.5 Å². The van der Waals surface area contributed by atoms with Crippen LogP contribution in [0.15, 0.2) is 42.5 Å². The van der Waals surface area contributed by atoms with Crippen LogP contribution >= 0.6 is 11.6 Å². The molecule has 4 nitrogen and oxygen atoms in total. The van der Waals surface area contributed by atoms with Gasteiger partial charge < -0.3 is 14.6 Å². The third-order valence-corrected chi connectivity index (χ3v) is 5.06. The van der Waals surface area contributed by atoms with Gasteiger partial charge in [-0.1, -0.05) is 23.7 Å². The molecule has 2 aromatic carbocycles. The lowest BCUT2D eigenvalue weighted by Gasteiger charge is -2.27. The van der Waals surface area contributed by atoms with Gasteiger partial charge in [0.25, 0.3) is 0 Å². The molecule has 3 aromatic rings. The lowest BCUT2D eigenvalue weighted by atomic mass is 10.0. The number of aromatic amines is 1. The molecule has 1 N–H and O–H groups in total. The number of rotatable bonds is 3. The first-order chi connectivity index (χ1) is 12.1. The van der Waals surface area contributed by atoms with Crippen molar-refractivity contribution in [2.24, 2.45) is 0 Å². The van der Waals surface area contributed by atoms with Gasteiger partial charge in [-0.25, -0.2) is 0 Å². The van der Waals surface area contributed by atoms with Crippen LogP contribution in [0.1, 0.15) is 16.8 Å². The van der Waals surface area contributed by atoms with Gasteiger partial charge in [-0.3, -0.25) is 4.79 Å². The number of aromatic nitrogens is 1. The summed E-state index contributed by atoms with van der Waals surface area (Å²) in [5.41, 5.74) is 4.50. The third kappa shape index (κ3) is 3.10. The number of fused-ring (bicyclic) bond motifs is 3. The average molecular weight is 355 g/mol. The van der Waals surface area contributed by atoms with E-state index in [0.29, 0.717) is 18.0 Å². The quantitative estimate of drug-likeness (QED) is 0.773. The van der Waals surface area contributed by atoms with E-state index in [-0.39, 0.29) is 5.91 Å². The van der Waals surface area contributed by atoms with Crippen molar-refractivity contribution >= 4 is 28.4 Å². The second kappa shape index (κ2) is 6.45. The molecule has 0 atom stereocenters. The zero-order valence-electron chi connectivity index (χ0n) is 14.0. The molecule has 0 saturated carbocycles. The second-order valence-electron chi connectivity index (χ2n) is 6.36. The van der Waals surface area contributed by atoms with Crippen LogP contribution in [0.2, 0.25) is 5.02 Å². The zero-order chi connectivity index (χ0) is 17.4. The number of hydrogen-bond donors (Lipinski definition) is 1. The highest BCUT2D eigenvalue weighted by Gasteiger charge is 2.24.